The number of aliphatic hydroxyl groups is 2. The molecule has 0 aliphatic carbocycles. The van der Waals surface area contributed by atoms with Crippen molar-refractivity contribution in [2.45, 2.75) is 18.9 Å². The molecule has 3 rings (SSSR count). The predicted molar refractivity (Wildman–Crippen MR) is 105 cm³/mol. The van der Waals surface area contributed by atoms with Gasteiger partial charge in [0, 0.05) is 11.8 Å². The van der Waals surface area contributed by atoms with Gasteiger partial charge in [0.15, 0.2) is 17.3 Å². The van der Waals surface area contributed by atoms with Crippen LogP contribution < -0.4 is 162 Å². The Balaban J connectivity index is 0.00000179. The van der Waals surface area contributed by atoms with Crippen molar-refractivity contribution in [2.75, 3.05) is 24.1 Å². The average molecular weight is 756 g/mol. The zero-order valence-electron chi connectivity index (χ0n) is 18.9. The number of carbonyl (C=O) groups excluding carboxylic acids is 2. The van der Waals surface area contributed by atoms with Gasteiger partial charge in [-0.3, -0.25) is 4.79 Å². The molecule has 1 heterocycles. The summed E-state index contributed by atoms with van der Waals surface area (Å²) in [5.41, 5.74) is -2.11. The first-order chi connectivity index (χ1) is 15.2. The van der Waals surface area contributed by atoms with Gasteiger partial charge in [0.2, 0.25) is 0 Å². The minimum Gasteiger partial charge on any atom is -0.652 e. The number of rotatable bonds is 6. The number of aliphatic hydroxyl groups excluding tert-OH is 1. The SMILES string of the molecule is C[C@](O)(CO)CCOc1cc2c(F)c(N3CC(=O)NS3(=O)=O)c(O)cc2cc1O.O=C([O-])[O-].[Cs+].[Cs+]. The minimum absolute atomic E-state index is 0. The van der Waals surface area contributed by atoms with Crippen molar-refractivity contribution in [3.8, 4) is 17.2 Å². The van der Waals surface area contributed by atoms with E-state index in [-0.39, 0.29) is 173 Å². The van der Waals surface area contributed by atoms with E-state index in [2.05, 4.69) is 0 Å². The Kier molecular flexibility index (Phi) is 14.9. The summed E-state index contributed by atoms with van der Waals surface area (Å²) >= 11 is 0. The van der Waals surface area contributed by atoms with Gasteiger partial charge in [-0.1, -0.05) is 0 Å². The van der Waals surface area contributed by atoms with E-state index in [1.807, 2.05) is 0 Å². The van der Waals surface area contributed by atoms with Crippen LogP contribution in [0.25, 0.3) is 10.8 Å². The van der Waals surface area contributed by atoms with Crippen LogP contribution in [0.1, 0.15) is 13.3 Å². The molecule has 1 fully saturated rings. The van der Waals surface area contributed by atoms with Gasteiger partial charge >= 0.3 is 148 Å². The topological polar surface area (TPSA) is 220 Å². The number of hydrogen-bond donors (Lipinski definition) is 5. The Bertz CT molecular complexity index is 1190. The molecular formula is C18H19Cs2FN2O11S. The van der Waals surface area contributed by atoms with Crippen LogP contribution in [-0.2, 0) is 15.0 Å². The molecule has 2 aromatic rings. The second-order valence-electron chi connectivity index (χ2n) is 7.14. The number of hydrogen-bond acceptors (Lipinski definition) is 11. The number of benzene rings is 2. The predicted octanol–water partition coefficient (Wildman–Crippen LogP) is -8.36. The van der Waals surface area contributed by atoms with E-state index >= 15 is 4.39 Å². The van der Waals surface area contributed by atoms with Crippen molar-refractivity contribution in [1.29, 1.82) is 0 Å². The van der Waals surface area contributed by atoms with Crippen molar-refractivity contribution in [3.63, 3.8) is 0 Å². The summed E-state index contributed by atoms with van der Waals surface area (Å²) in [5, 5.41) is 55.6. The van der Waals surface area contributed by atoms with Gasteiger partial charge in [-0.15, -0.1) is 0 Å². The Labute approximate surface area is 316 Å². The summed E-state index contributed by atoms with van der Waals surface area (Å²) in [7, 11) is -4.35. The molecule has 1 amide bonds. The molecule has 1 atom stereocenters. The van der Waals surface area contributed by atoms with Crippen LogP contribution in [0, 0.1) is 5.82 Å². The number of ether oxygens (including phenoxy) is 1. The summed E-state index contributed by atoms with van der Waals surface area (Å²) in [6.07, 6.45) is -2.32. The van der Waals surface area contributed by atoms with Crippen LogP contribution in [0.4, 0.5) is 14.9 Å². The number of phenols is 2. The molecule has 0 aromatic heterocycles. The van der Waals surface area contributed by atoms with Crippen molar-refractivity contribution in [1.82, 2.24) is 4.72 Å². The summed E-state index contributed by atoms with van der Waals surface area (Å²) in [6, 6.07) is 3.27. The number of halogens is 1. The normalized spacial score (nSPS) is 15.5. The maximum absolute atomic E-state index is 15.1. The number of anilines is 1. The Morgan fingerprint density at radius 2 is 1.77 bits per heavy atom. The minimum atomic E-state index is -4.35. The van der Waals surface area contributed by atoms with Gasteiger partial charge in [0.1, 0.15) is 18.0 Å². The monoisotopic (exact) mass is 756 g/mol. The van der Waals surface area contributed by atoms with Crippen LogP contribution in [0.2, 0.25) is 0 Å². The van der Waals surface area contributed by atoms with E-state index in [4.69, 9.17) is 24.9 Å². The largest absolute Gasteiger partial charge is 1.00 e. The first kappa shape index (κ1) is 35.5. The second-order valence-corrected chi connectivity index (χ2v) is 8.73. The molecule has 0 unspecified atom stereocenters. The third kappa shape index (κ3) is 9.66. The van der Waals surface area contributed by atoms with E-state index < -0.39 is 58.3 Å². The van der Waals surface area contributed by atoms with Crippen molar-refractivity contribution < 1.29 is 196 Å². The zero-order chi connectivity index (χ0) is 25.1. The van der Waals surface area contributed by atoms with Crippen LogP contribution >= 0.6 is 0 Å². The number of aromatic hydroxyl groups is 2. The standard InChI is InChI=1S/C17H19FN2O8S.CH2O3.2Cs/c1-17(25,8-21)2-3-28-13-6-10-9(4-11(13)22)5-12(23)16(15(10)18)20-7-14(24)19-29(20,26)27;2-1(3)4;;/h4-6,21-23,25H,2-3,7-8H2,1H3,(H,19,24);(H2,2,3,4);;/q;;2*+1/p-2/t17-;;;/m1.../s1. The van der Waals surface area contributed by atoms with Gasteiger partial charge in [-0.25, -0.2) is 13.4 Å². The number of amides is 1. The van der Waals surface area contributed by atoms with Gasteiger partial charge < -0.3 is 40.2 Å². The molecule has 17 heteroatoms. The van der Waals surface area contributed by atoms with E-state index in [0.29, 0.717) is 4.31 Å². The summed E-state index contributed by atoms with van der Waals surface area (Å²) < 4.78 is 46.6. The van der Waals surface area contributed by atoms with Gasteiger partial charge in [-0.05, 0) is 36.7 Å². The Morgan fingerprint density at radius 1 is 1.23 bits per heavy atom. The summed E-state index contributed by atoms with van der Waals surface area (Å²) in [5.74, 6) is -3.28. The summed E-state index contributed by atoms with van der Waals surface area (Å²) in [4.78, 5) is 19.8. The van der Waals surface area contributed by atoms with E-state index in [9.17, 15) is 28.5 Å². The van der Waals surface area contributed by atoms with Crippen molar-refractivity contribution in [2.24, 2.45) is 0 Å². The molecule has 1 aliphatic heterocycles. The van der Waals surface area contributed by atoms with Crippen molar-refractivity contribution in [3.05, 3.63) is 24.0 Å². The first-order valence-electron chi connectivity index (χ1n) is 9.04. The number of phenolic OH excluding ortho intramolecular Hbond substituents is 2. The van der Waals surface area contributed by atoms with E-state index in [1.165, 1.54) is 6.92 Å². The maximum atomic E-state index is 15.1. The Hall–Kier alpha value is 0.544. The van der Waals surface area contributed by atoms with Gasteiger partial charge in [0.05, 0.1) is 18.8 Å². The molecule has 0 saturated carbocycles. The molecular weight excluding hydrogens is 737 g/mol. The molecule has 0 bridgehead atoms. The molecule has 13 nitrogen and oxygen atoms in total. The van der Waals surface area contributed by atoms with Crippen LogP contribution in [-0.4, -0.2) is 66.3 Å². The van der Waals surface area contributed by atoms with E-state index in [0.717, 1.165) is 18.2 Å². The quantitative estimate of drug-likeness (QED) is 0.187. The van der Waals surface area contributed by atoms with Gasteiger partial charge in [0.25, 0.3) is 5.91 Å². The molecule has 5 N–H and O–H groups in total. The fourth-order valence-corrected chi connectivity index (χ4v) is 3.97. The number of nitrogens with zero attached hydrogens (tertiary/aromatic N) is 1. The summed E-state index contributed by atoms with van der Waals surface area (Å²) in [6.45, 7) is 0.0691. The molecule has 35 heavy (non-hydrogen) atoms. The molecule has 182 valence electrons. The number of fused-ring (bicyclic) bond motifs is 1. The molecule has 0 radical (unpaired) electrons. The fourth-order valence-electron chi connectivity index (χ4n) is 2.81. The smallest absolute Gasteiger partial charge is 0.652 e. The zero-order valence-corrected chi connectivity index (χ0v) is 32.3. The molecule has 2 aromatic carbocycles. The fraction of sp³-hybridized carbons (Fsp3) is 0.333. The first-order valence-corrected chi connectivity index (χ1v) is 10.5. The van der Waals surface area contributed by atoms with E-state index in [1.54, 1.807) is 4.72 Å². The second kappa shape index (κ2) is 14.6. The number of carbonyl (C=O) groups is 2. The average Bonchev–Trinajstić information content (AvgIpc) is 2.94. The van der Waals surface area contributed by atoms with Crippen molar-refractivity contribution >= 4 is 38.7 Å². The maximum Gasteiger partial charge on any atom is 1.00 e. The molecule has 0 spiro atoms. The van der Waals surface area contributed by atoms with Gasteiger partial charge in [-0.2, -0.15) is 8.42 Å². The van der Waals surface area contributed by atoms with Crippen LogP contribution in [0.15, 0.2) is 18.2 Å². The van der Waals surface area contributed by atoms with Crippen LogP contribution in [0.5, 0.6) is 17.2 Å². The third-order valence-electron chi connectivity index (χ3n) is 4.42. The Morgan fingerprint density at radius 3 is 2.26 bits per heavy atom. The molecule has 1 saturated heterocycles. The third-order valence-corrected chi connectivity index (χ3v) is 5.80. The number of carboxylic acid groups (broad SMARTS) is 2. The van der Waals surface area contributed by atoms with Crippen LogP contribution in [0.3, 0.4) is 0 Å². The number of nitrogens with one attached hydrogen (secondary N) is 1. The molecule has 1 aliphatic rings.